The third kappa shape index (κ3) is 4.63. The molecule has 0 radical (unpaired) electrons. The number of piperidine rings is 1. The molecule has 1 fully saturated rings. The highest BCUT2D eigenvalue weighted by atomic mass is 16.1. The molecule has 1 aromatic rings. The molecule has 1 saturated heterocycles. The Balaban J connectivity index is 1.76. The summed E-state index contributed by atoms with van der Waals surface area (Å²) in [6, 6.07) is 8.75. The summed E-state index contributed by atoms with van der Waals surface area (Å²) in [7, 11) is 0. The molecule has 1 spiro atoms. The molecule has 1 aliphatic carbocycles. The van der Waals surface area contributed by atoms with Gasteiger partial charge >= 0.3 is 0 Å². The van der Waals surface area contributed by atoms with Crippen molar-refractivity contribution in [2.24, 2.45) is 5.41 Å². The van der Waals surface area contributed by atoms with E-state index in [1.807, 2.05) is 13.8 Å². The van der Waals surface area contributed by atoms with E-state index in [1.54, 1.807) is 0 Å². The van der Waals surface area contributed by atoms with Gasteiger partial charge in [-0.2, -0.15) is 0 Å². The first kappa shape index (κ1) is 20.1. The number of allylic oxidation sites excluding steroid dienone is 1. The zero-order valence-corrected chi connectivity index (χ0v) is 17.8. The van der Waals surface area contributed by atoms with Crippen LogP contribution in [0.4, 0.5) is 0 Å². The van der Waals surface area contributed by atoms with E-state index in [0.717, 1.165) is 30.6 Å². The summed E-state index contributed by atoms with van der Waals surface area (Å²) in [6.07, 6.45) is 6.80. The van der Waals surface area contributed by atoms with Crippen LogP contribution >= 0.6 is 0 Å². The van der Waals surface area contributed by atoms with Gasteiger partial charge in [-0.05, 0) is 75.7 Å². The van der Waals surface area contributed by atoms with Crippen LogP contribution < -0.4 is 5.32 Å². The normalized spacial score (nSPS) is 19.7. The standard InChI is InChI=1S/C24H36N2O/c1-18(2)25-22(27)20-10-11-24(21-9-7-6-8-19(20)21)13-16-26(17-14-24)15-12-23(3,4)5/h6-10,18H,11-17H2,1-5H3,(H,25,27). The fourth-order valence-corrected chi connectivity index (χ4v) is 4.42. The summed E-state index contributed by atoms with van der Waals surface area (Å²) in [4.78, 5) is 15.3. The molecule has 0 unspecified atom stereocenters. The summed E-state index contributed by atoms with van der Waals surface area (Å²) >= 11 is 0. The van der Waals surface area contributed by atoms with Crippen LogP contribution in [0.5, 0.6) is 0 Å². The van der Waals surface area contributed by atoms with Crippen LogP contribution in [0.2, 0.25) is 0 Å². The van der Waals surface area contributed by atoms with E-state index in [1.165, 1.54) is 31.4 Å². The van der Waals surface area contributed by atoms with Gasteiger partial charge < -0.3 is 10.2 Å². The third-order valence-corrected chi connectivity index (χ3v) is 6.14. The number of hydrogen-bond donors (Lipinski definition) is 1. The number of nitrogens with one attached hydrogen (secondary N) is 1. The number of rotatable bonds is 4. The maximum atomic E-state index is 12.7. The summed E-state index contributed by atoms with van der Waals surface area (Å²) in [5.41, 5.74) is 3.99. The predicted octanol–water partition coefficient (Wildman–Crippen LogP) is 4.77. The number of fused-ring (bicyclic) bond motifs is 2. The number of carbonyl (C=O) groups excluding carboxylic acids is 1. The molecule has 1 aromatic carbocycles. The number of hydrogen-bond acceptors (Lipinski definition) is 2. The molecule has 3 heteroatoms. The van der Waals surface area contributed by atoms with Crippen LogP contribution in [0.1, 0.15) is 71.4 Å². The van der Waals surface area contributed by atoms with Gasteiger partial charge in [0.15, 0.2) is 0 Å². The second-order valence-corrected chi connectivity index (χ2v) is 9.93. The molecular weight excluding hydrogens is 332 g/mol. The lowest BCUT2D eigenvalue weighted by atomic mass is 9.65. The maximum Gasteiger partial charge on any atom is 0.251 e. The highest BCUT2D eigenvalue weighted by molar-refractivity contribution is 6.20. The molecule has 0 bridgehead atoms. The zero-order valence-electron chi connectivity index (χ0n) is 17.8. The van der Waals surface area contributed by atoms with Crippen LogP contribution in [-0.4, -0.2) is 36.5 Å². The Kier molecular flexibility index (Phi) is 5.81. The fraction of sp³-hybridized carbons (Fsp3) is 0.625. The van der Waals surface area contributed by atoms with E-state index in [9.17, 15) is 4.79 Å². The van der Waals surface area contributed by atoms with Crippen LogP contribution in [-0.2, 0) is 10.2 Å². The highest BCUT2D eigenvalue weighted by Crippen LogP contribution is 2.46. The van der Waals surface area contributed by atoms with E-state index in [0.29, 0.717) is 5.41 Å². The van der Waals surface area contributed by atoms with Crippen molar-refractivity contribution < 1.29 is 4.79 Å². The first-order valence-corrected chi connectivity index (χ1v) is 10.5. The number of likely N-dealkylation sites (tertiary alicyclic amines) is 1. The zero-order chi connectivity index (χ0) is 19.7. The van der Waals surface area contributed by atoms with Gasteiger partial charge in [-0.3, -0.25) is 4.79 Å². The van der Waals surface area contributed by atoms with E-state index >= 15 is 0 Å². The topological polar surface area (TPSA) is 32.3 Å². The fourth-order valence-electron chi connectivity index (χ4n) is 4.42. The van der Waals surface area contributed by atoms with Crippen molar-refractivity contribution in [3.8, 4) is 0 Å². The lowest BCUT2D eigenvalue weighted by Crippen LogP contribution is -2.45. The van der Waals surface area contributed by atoms with E-state index in [2.05, 4.69) is 61.3 Å². The molecule has 0 atom stereocenters. The van der Waals surface area contributed by atoms with Gasteiger partial charge in [0.25, 0.3) is 5.91 Å². The van der Waals surface area contributed by atoms with Crippen molar-refractivity contribution in [2.45, 2.75) is 71.8 Å². The second-order valence-electron chi connectivity index (χ2n) is 9.93. The number of carbonyl (C=O) groups is 1. The average Bonchev–Trinajstić information content (AvgIpc) is 2.60. The molecule has 3 rings (SSSR count). The number of benzene rings is 1. The minimum absolute atomic E-state index is 0.0647. The van der Waals surface area contributed by atoms with Crippen molar-refractivity contribution in [2.75, 3.05) is 19.6 Å². The van der Waals surface area contributed by atoms with E-state index in [-0.39, 0.29) is 17.4 Å². The molecule has 3 nitrogen and oxygen atoms in total. The molecule has 1 heterocycles. The Hall–Kier alpha value is -1.61. The van der Waals surface area contributed by atoms with E-state index < -0.39 is 0 Å². The van der Waals surface area contributed by atoms with Gasteiger partial charge in [0, 0.05) is 17.0 Å². The predicted molar refractivity (Wildman–Crippen MR) is 114 cm³/mol. The van der Waals surface area contributed by atoms with Gasteiger partial charge in [-0.15, -0.1) is 0 Å². The Morgan fingerprint density at radius 3 is 2.48 bits per heavy atom. The Bertz CT molecular complexity index is 703. The van der Waals surface area contributed by atoms with Gasteiger partial charge in [0.05, 0.1) is 0 Å². The molecule has 1 N–H and O–H groups in total. The summed E-state index contributed by atoms with van der Waals surface area (Å²) in [5, 5.41) is 3.07. The lowest BCUT2D eigenvalue weighted by Gasteiger charge is -2.45. The Morgan fingerprint density at radius 1 is 1.19 bits per heavy atom. The van der Waals surface area contributed by atoms with Gasteiger partial charge in [-0.1, -0.05) is 51.1 Å². The Labute approximate surface area is 165 Å². The van der Waals surface area contributed by atoms with Gasteiger partial charge in [-0.25, -0.2) is 0 Å². The SMILES string of the molecule is CC(C)NC(=O)C1=CCC2(CCN(CCC(C)(C)C)CC2)c2ccccc21. The number of nitrogens with zero attached hydrogens (tertiary/aromatic N) is 1. The van der Waals surface area contributed by atoms with Crippen molar-refractivity contribution in [1.29, 1.82) is 0 Å². The van der Waals surface area contributed by atoms with Crippen molar-refractivity contribution in [3.05, 3.63) is 41.5 Å². The van der Waals surface area contributed by atoms with Crippen molar-refractivity contribution >= 4 is 11.5 Å². The van der Waals surface area contributed by atoms with Crippen molar-refractivity contribution in [1.82, 2.24) is 10.2 Å². The molecule has 148 valence electrons. The molecule has 0 aromatic heterocycles. The molecule has 2 aliphatic rings. The van der Waals surface area contributed by atoms with Gasteiger partial charge in [0.1, 0.15) is 0 Å². The molecule has 1 aliphatic heterocycles. The third-order valence-electron chi connectivity index (χ3n) is 6.14. The molecule has 0 saturated carbocycles. The monoisotopic (exact) mass is 368 g/mol. The minimum atomic E-state index is 0.0647. The van der Waals surface area contributed by atoms with Crippen LogP contribution in [0.25, 0.3) is 5.57 Å². The summed E-state index contributed by atoms with van der Waals surface area (Å²) < 4.78 is 0. The second kappa shape index (κ2) is 7.79. The number of amides is 1. The van der Waals surface area contributed by atoms with Crippen molar-refractivity contribution in [3.63, 3.8) is 0 Å². The molecule has 1 amide bonds. The molecule has 27 heavy (non-hydrogen) atoms. The quantitative estimate of drug-likeness (QED) is 0.830. The maximum absolute atomic E-state index is 12.7. The Morgan fingerprint density at radius 2 is 1.85 bits per heavy atom. The smallest absolute Gasteiger partial charge is 0.251 e. The summed E-state index contributed by atoms with van der Waals surface area (Å²) in [5.74, 6) is 0.0647. The van der Waals surface area contributed by atoms with Gasteiger partial charge in [0.2, 0.25) is 0 Å². The average molecular weight is 369 g/mol. The largest absolute Gasteiger partial charge is 0.350 e. The van der Waals surface area contributed by atoms with E-state index in [4.69, 9.17) is 0 Å². The highest BCUT2D eigenvalue weighted by Gasteiger charge is 2.40. The first-order chi connectivity index (χ1) is 12.7. The lowest BCUT2D eigenvalue weighted by molar-refractivity contribution is -0.116. The van der Waals surface area contributed by atoms with Crippen LogP contribution in [0.3, 0.4) is 0 Å². The molecular formula is C24H36N2O. The minimum Gasteiger partial charge on any atom is -0.350 e. The first-order valence-electron chi connectivity index (χ1n) is 10.5. The van der Waals surface area contributed by atoms with Crippen LogP contribution in [0, 0.1) is 5.41 Å². The van der Waals surface area contributed by atoms with Crippen LogP contribution in [0.15, 0.2) is 30.3 Å². The summed E-state index contributed by atoms with van der Waals surface area (Å²) in [6.45, 7) is 14.5.